The Balaban J connectivity index is 1.21. The van der Waals surface area contributed by atoms with Gasteiger partial charge in [-0.15, -0.1) is 10.2 Å². The highest BCUT2D eigenvalue weighted by Gasteiger charge is 2.71. The average molecular weight is 778 g/mol. The number of hydrogen-bond acceptors (Lipinski definition) is 9. The van der Waals surface area contributed by atoms with Gasteiger partial charge in [0.05, 0.1) is 16.9 Å². The van der Waals surface area contributed by atoms with E-state index >= 15 is 0 Å². The lowest BCUT2D eigenvalue weighted by molar-refractivity contribution is -0.235. The lowest BCUT2D eigenvalue weighted by Crippen LogP contribution is -2.66. The van der Waals surface area contributed by atoms with Crippen LogP contribution in [0.25, 0.3) is 11.6 Å². The van der Waals surface area contributed by atoms with Crippen molar-refractivity contribution in [3.8, 4) is 11.6 Å². The number of carbonyl (C=O) groups is 3. The van der Waals surface area contributed by atoms with Crippen molar-refractivity contribution in [2.45, 2.75) is 139 Å². The van der Waals surface area contributed by atoms with E-state index in [2.05, 4.69) is 68.6 Å². The number of Topliss-reactive ketones (excluding diaryl/α,β-unsaturated/α-hetero) is 1. The van der Waals surface area contributed by atoms with Gasteiger partial charge < -0.3 is 19.5 Å². The topological polar surface area (TPSA) is 157 Å². The molecule has 2 N–H and O–H groups in total. The van der Waals surface area contributed by atoms with Crippen LogP contribution in [-0.2, 0) is 26.2 Å². The molecule has 0 unspecified atom stereocenters. The first-order valence-corrected chi connectivity index (χ1v) is 20.7. The van der Waals surface area contributed by atoms with Gasteiger partial charge in [0, 0.05) is 36.7 Å². The summed E-state index contributed by atoms with van der Waals surface area (Å²) in [6, 6.07) is 0. The maximum atomic E-state index is 14.2. The van der Waals surface area contributed by atoms with Crippen LogP contribution in [0.1, 0.15) is 138 Å². The number of allylic oxidation sites excluding steroid dienone is 1. The molecule has 2 heterocycles. The van der Waals surface area contributed by atoms with Crippen LogP contribution in [0.3, 0.4) is 0 Å². The van der Waals surface area contributed by atoms with Gasteiger partial charge in [0.2, 0.25) is 5.82 Å². The number of fused-ring (bicyclic) bond motifs is 7. The van der Waals surface area contributed by atoms with Crippen molar-refractivity contribution in [3.63, 3.8) is 0 Å². The molecule has 5 aliphatic carbocycles. The van der Waals surface area contributed by atoms with E-state index in [9.17, 15) is 24.6 Å². The van der Waals surface area contributed by atoms with Gasteiger partial charge in [-0.1, -0.05) is 60.1 Å². The van der Waals surface area contributed by atoms with Gasteiger partial charge in [0.1, 0.15) is 12.2 Å². The van der Waals surface area contributed by atoms with Crippen LogP contribution in [0, 0.1) is 56.2 Å². The summed E-state index contributed by atoms with van der Waals surface area (Å²) in [5, 5.41) is 31.5. The molecule has 0 saturated heterocycles. The van der Waals surface area contributed by atoms with Crippen LogP contribution in [0.15, 0.2) is 23.5 Å². The predicted octanol–water partition coefficient (Wildman–Crippen LogP) is 8.35. The summed E-state index contributed by atoms with van der Waals surface area (Å²) in [7, 11) is 1.82. The zero-order valence-electron chi connectivity index (χ0n) is 34.3. The number of aromatic nitrogens is 5. The zero-order chi connectivity index (χ0) is 40.3. The van der Waals surface area contributed by atoms with Crippen molar-refractivity contribution in [3.05, 3.63) is 34.4 Å². The van der Waals surface area contributed by atoms with Crippen LogP contribution in [0.5, 0.6) is 0 Å². The van der Waals surface area contributed by atoms with Gasteiger partial charge in [-0.05, 0) is 116 Å². The lowest BCUT2D eigenvalue weighted by Gasteiger charge is -2.72. The molecule has 12 heteroatoms. The van der Waals surface area contributed by atoms with Crippen LogP contribution < -0.4 is 0 Å². The molecule has 0 amide bonds. The van der Waals surface area contributed by atoms with E-state index in [0.29, 0.717) is 40.8 Å². The number of carboxylic acids is 1. The molecule has 55 heavy (non-hydrogen) atoms. The second-order valence-corrected chi connectivity index (χ2v) is 20.6. The van der Waals surface area contributed by atoms with Crippen molar-refractivity contribution >= 4 is 29.3 Å². The molecular weight excluding hydrogens is 718 g/mol. The monoisotopic (exact) mass is 777 g/mol. The zero-order valence-corrected chi connectivity index (χ0v) is 35.1. The molecule has 2 aromatic heterocycles. The van der Waals surface area contributed by atoms with E-state index in [1.54, 1.807) is 18.4 Å². The van der Waals surface area contributed by atoms with Gasteiger partial charge >= 0.3 is 11.9 Å². The van der Waals surface area contributed by atoms with Gasteiger partial charge in [-0.25, -0.2) is 9.97 Å². The molecule has 4 fully saturated rings. The predicted molar refractivity (Wildman–Crippen MR) is 207 cm³/mol. The number of carbonyl (C=O) groups excluding carboxylic acids is 2. The highest BCUT2D eigenvalue weighted by molar-refractivity contribution is 6.30. The van der Waals surface area contributed by atoms with Crippen molar-refractivity contribution in [1.82, 2.24) is 24.7 Å². The molecule has 7 rings (SSSR count). The third kappa shape index (κ3) is 5.78. The minimum atomic E-state index is -1.18. The van der Waals surface area contributed by atoms with Crippen molar-refractivity contribution < 1.29 is 29.3 Å². The first-order chi connectivity index (χ1) is 25.5. The SMILES string of the molecule is CC(C)C1=C2[C@H]3CC[C@@H]4[C@@]5(C)CC[C@H](OC(=O)CC(C)(C)C(=O)O)C(C)(C)[C@@H]5CC[C@@]4(C)[C@]3(C)CC[C@@]2([C@H](O)c2nnc(-c3ncc(Cl)cn3)n2C)CC1=O. The summed E-state index contributed by atoms with van der Waals surface area (Å²) in [5.41, 5.74) is -0.290. The molecule has 0 aromatic carbocycles. The summed E-state index contributed by atoms with van der Waals surface area (Å²) in [6.07, 6.45) is 9.08. The average Bonchev–Trinajstić information content (AvgIpc) is 3.63. The number of halogens is 1. The van der Waals surface area contributed by atoms with Gasteiger partial charge in [-0.3, -0.25) is 14.4 Å². The van der Waals surface area contributed by atoms with Gasteiger partial charge in [0.15, 0.2) is 17.4 Å². The third-order valence-electron chi connectivity index (χ3n) is 16.4. The number of aliphatic hydroxyl groups excluding tert-OH is 1. The second-order valence-electron chi connectivity index (χ2n) is 20.1. The van der Waals surface area contributed by atoms with Crippen LogP contribution >= 0.6 is 11.6 Å². The van der Waals surface area contributed by atoms with E-state index in [1.165, 1.54) is 12.4 Å². The molecule has 11 nitrogen and oxygen atoms in total. The fourth-order valence-corrected chi connectivity index (χ4v) is 13.4. The summed E-state index contributed by atoms with van der Waals surface area (Å²) in [5.74, 6) is 0.813. The number of esters is 1. The first-order valence-electron chi connectivity index (χ1n) is 20.3. The number of aliphatic carboxylic acids is 1. The maximum absolute atomic E-state index is 14.2. The Hall–Kier alpha value is -3.18. The van der Waals surface area contributed by atoms with E-state index in [-0.39, 0.29) is 58.2 Å². The minimum absolute atomic E-state index is 0.0152. The van der Waals surface area contributed by atoms with Crippen molar-refractivity contribution in [1.29, 1.82) is 0 Å². The Morgan fingerprint density at radius 1 is 0.964 bits per heavy atom. The minimum Gasteiger partial charge on any atom is -0.481 e. The summed E-state index contributed by atoms with van der Waals surface area (Å²) in [4.78, 5) is 47.8. The van der Waals surface area contributed by atoms with Crippen molar-refractivity contribution in [2.75, 3.05) is 0 Å². The fourth-order valence-electron chi connectivity index (χ4n) is 13.3. The van der Waals surface area contributed by atoms with Gasteiger partial charge in [-0.2, -0.15) is 0 Å². The molecule has 2 aromatic rings. The van der Waals surface area contributed by atoms with Crippen molar-refractivity contribution in [2.24, 2.45) is 63.2 Å². The van der Waals surface area contributed by atoms with E-state index in [0.717, 1.165) is 56.1 Å². The number of carboxylic acid groups (broad SMARTS) is 1. The number of rotatable bonds is 8. The smallest absolute Gasteiger partial charge is 0.309 e. The Kier molecular flexibility index (Phi) is 9.59. The lowest BCUT2D eigenvalue weighted by atomic mass is 9.33. The van der Waals surface area contributed by atoms with Crippen LogP contribution in [-0.4, -0.2) is 58.8 Å². The quantitative estimate of drug-likeness (QED) is 0.250. The molecule has 0 radical (unpaired) electrons. The Morgan fingerprint density at radius 3 is 2.27 bits per heavy atom. The standard InChI is InChI=1S/C43H60ClN5O6/c1-23(2)31-26(50)19-43(33(52)35-47-48-36(49(35)10)34-45-21-24(44)22-46-34)18-17-41(8)25(32(31)43)11-12-28-40(7)15-14-29(55-30(51)20-38(3,4)37(53)54)39(5,6)27(40)13-16-42(28,41)9/h21-23,25,27-29,33,52H,11-20H2,1-10H3,(H,53,54)/t25-,27+,28-,29+,33-,40+,41-,42-,43-/m1/s1. The number of nitrogens with zero attached hydrogens (tertiary/aromatic N) is 5. The molecular formula is C43H60ClN5O6. The molecule has 4 saturated carbocycles. The number of aliphatic hydroxyl groups is 1. The molecule has 0 aliphatic heterocycles. The maximum Gasteiger partial charge on any atom is 0.309 e. The van der Waals surface area contributed by atoms with E-state index in [4.69, 9.17) is 16.3 Å². The first kappa shape index (κ1) is 40.0. The summed E-state index contributed by atoms with van der Waals surface area (Å²) in [6.45, 7) is 19.4. The molecule has 5 aliphatic rings. The largest absolute Gasteiger partial charge is 0.481 e. The molecule has 300 valence electrons. The van der Waals surface area contributed by atoms with E-state index < -0.39 is 28.9 Å². The summed E-state index contributed by atoms with van der Waals surface area (Å²) >= 11 is 6.05. The van der Waals surface area contributed by atoms with Crippen LogP contribution in [0.2, 0.25) is 5.02 Å². The van der Waals surface area contributed by atoms with Crippen LogP contribution in [0.4, 0.5) is 0 Å². The fraction of sp³-hybridized carbons (Fsp3) is 0.744. The number of ether oxygens (including phenoxy) is 1. The summed E-state index contributed by atoms with van der Waals surface area (Å²) < 4.78 is 7.93. The molecule has 9 atom stereocenters. The Morgan fingerprint density at radius 2 is 1.64 bits per heavy atom. The van der Waals surface area contributed by atoms with Gasteiger partial charge in [0.25, 0.3) is 0 Å². The third-order valence-corrected chi connectivity index (χ3v) is 16.6. The number of hydrogen-bond donors (Lipinski definition) is 2. The molecule has 0 bridgehead atoms. The van der Waals surface area contributed by atoms with E-state index in [1.807, 2.05) is 7.05 Å². The second kappa shape index (κ2) is 13.2. The number of ketones is 1. The Bertz CT molecular complexity index is 1940. The normalized spacial score (nSPS) is 36.1. The Labute approximate surface area is 330 Å². The highest BCUT2D eigenvalue weighted by Crippen LogP contribution is 2.77. The highest BCUT2D eigenvalue weighted by atomic mass is 35.5. The molecule has 0 spiro atoms.